The van der Waals surface area contributed by atoms with Crippen LogP contribution in [0, 0.1) is 0 Å². The van der Waals surface area contributed by atoms with Crippen molar-refractivity contribution in [3.05, 3.63) is 23.8 Å². The number of hydrogen-bond donors (Lipinski definition) is 2. The zero-order chi connectivity index (χ0) is 13.8. The Morgan fingerprint density at radius 3 is 2.53 bits per heavy atom. The minimum absolute atomic E-state index is 0.0373. The van der Waals surface area contributed by atoms with E-state index in [1.807, 2.05) is 18.2 Å². The number of hydrazine groups is 1. The van der Waals surface area contributed by atoms with Crippen LogP contribution in [-0.2, 0) is 4.74 Å². The topological polar surface area (TPSA) is 65.7 Å². The Bertz CT molecular complexity index is 425. The van der Waals surface area contributed by atoms with Crippen LogP contribution in [0.5, 0.6) is 11.5 Å². The first-order valence-corrected chi connectivity index (χ1v) is 6.53. The van der Waals surface area contributed by atoms with Crippen molar-refractivity contribution in [1.29, 1.82) is 0 Å². The van der Waals surface area contributed by atoms with E-state index in [9.17, 15) is 0 Å². The molecule has 1 fully saturated rings. The van der Waals surface area contributed by atoms with E-state index in [2.05, 4.69) is 12.3 Å². The van der Waals surface area contributed by atoms with E-state index in [-0.39, 0.29) is 12.1 Å². The maximum atomic E-state index is 5.88. The first kappa shape index (κ1) is 14.1. The van der Waals surface area contributed by atoms with Gasteiger partial charge in [-0.05, 0) is 37.5 Å². The molecule has 0 bridgehead atoms. The molecule has 3 unspecified atom stereocenters. The van der Waals surface area contributed by atoms with Gasteiger partial charge in [-0.1, -0.05) is 6.07 Å². The average molecular weight is 266 g/mol. The molecule has 3 atom stereocenters. The standard InChI is InChI=1S/C14H22N2O3/c1-9-4-6-12(19-9)14(16-15)10-5-7-11(17-2)13(8-10)18-3/h5,7-9,12,14,16H,4,6,15H2,1-3H3. The molecule has 5 heteroatoms. The summed E-state index contributed by atoms with van der Waals surface area (Å²) in [5.41, 5.74) is 3.89. The molecule has 0 aliphatic carbocycles. The summed E-state index contributed by atoms with van der Waals surface area (Å²) in [4.78, 5) is 0. The molecule has 1 aliphatic heterocycles. The van der Waals surface area contributed by atoms with Gasteiger partial charge in [-0.25, -0.2) is 0 Å². The highest BCUT2D eigenvalue weighted by Gasteiger charge is 2.30. The van der Waals surface area contributed by atoms with Crippen molar-refractivity contribution in [2.45, 2.75) is 38.0 Å². The fourth-order valence-electron chi connectivity index (χ4n) is 2.54. The molecule has 0 radical (unpaired) electrons. The molecule has 3 N–H and O–H groups in total. The van der Waals surface area contributed by atoms with Gasteiger partial charge in [0.05, 0.1) is 32.5 Å². The largest absolute Gasteiger partial charge is 0.493 e. The molecule has 19 heavy (non-hydrogen) atoms. The number of nitrogens with one attached hydrogen (secondary N) is 1. The van der Waals surface area contributed by atoms with Crippen molar-refractivity contribution in [3.8, 4) is 11.5 Å². The molecular formula is C14H22N2O3. The van der Waals surface area contributed by atoms with Crippen LogP contribution in [0.3, 0.4) is 0 Å². The molecule has 1 aliphatic rings. The maximum absolute atomic E-state index is 5.88. The number of hydrogen-bond acceptors (Lipinski definition) is 5. The Hall–Kier alpha value is -1.30. The van der Waals surface area contributed by atoms with Gasteiger partial charge >= 0.3 is 0 Å². The third-order valence-corrected chi connectivity index (χ3v) is 3.58. The predicted molar refractivity (Wildman–Crippen MR) is 73.2 cm³/mol. The van der Waals surface area contributed by atoms with Crippen molar-refractivity contribution in [3.63, 3.8) is 0 Å². The van der Waals surface area contributed by atoms with Crippen LogP contribution in [-0.4, -0.2) is 26.4 Å². The van der Waals surface area contributed by atoms with Gasteiger partial charge in [0, 0.05) is 0 Å². The van der Waals surface area contributed by atoms with Gasteiger partial charge in [-0.15, -0.1) is 0 Å². The smallest absolute Gasteiger partial charge is 0.161 e. The lowest BCUT2D eigenvalue weighted by Gasteiger charge is -2.24. The van der Waals surface area contributed by atoms with E-state index in [1.54, 1.807) is 14.2 Å². The molecule has 1 aromatic carbocycles. The second-order valence-corrected chi connectivity index (χ2v) is 4.82. The van der Waals surface area contributed by atoms with Gasteiger partial charge in [0.1, 0.15) is 0 Å². The molecular weight excluding hydrogens is 244 g/mol. The predicted octanol–water partition coefficient (Wildman–Crippen LogP) is 1.78. The van der Waals surface area contributed by atoms with Crippen LogP contribution >= 0.6 is 0 Å². The minimum atomic E-state index is -0.0373. The number of ether oxygens (including phenoxy) is 3. The number of nitrogens with two attached hydrogens (primary N) is 1. The lowest BCUT2D eigenvalue weighted by Crippen LogP contribution is -2.36. The normalized spacial score (nSPS) is 24.2. The Morgan fingerprint density at radius 1 is 1.26 bits per heavy atom. The van der Waals surface area contributed by atoms with Crippen molar-refractivity contribution in [2.24, 2.45) is 5.84 Å². The van der Waals surface area contributed by atoms with E-state index in [0.717, 1.165) is 18.4 Å². The summed E-state index contributed by atoms with van der Waals surface area (Å²) >= 11 is 0. The van der Waals surface area contributed by atoms with E-state index in [4.69, 9.17) is 20.1 Å². The lowest BCUT2D eigenvalue weighted by molar-refractivity contribution is 0.0315. The molecule has 5 nitrogen and oxygen atoms in total. The quantitative estimate of drug-likeness (QED) is 0.628. The van der Waals surface area contributed by atoms with Crippen LogP contribution in [0.15, 0.2) is 18.2 Å². The zero-order valence-corrected chi connectivity index (χ0v) is 11.7. The molecule has 1 heterocycles. The third kappa shape index (κ3) is 3.00. The van der Waals surface area contributed by atoms with E-state index < -0.39 is 0 Å². The second-order valence-electron chi connectivity index (χ2n) is 4.82. The van der Waals surface area contributed by atoms with Gasteiger partial charge in [0.15, 0.2) is 11.5 Å². The van der Waals surface area contributed by atoms with Gasteiger partial charge in [0.2, 0.25) is 0 Å². The summed E-state index contributed by atoms with van der Waals surface area (Å²) in [5.74, 6) is 7.10. The Morgan fingerprint density at radius 2 is 2.00 bits per heavy atom. The van der Waals surface area contributed by atoms with Crippen molar-refractivity contribution >= 4 is 0 Å². The van der Waals surface area contributed by atoms with Gasteiger partial charge < -0.3 is 14.2 Å². The molecule has 0 amide bonds. The number of methoxy groups -OCH3 is 2. The SMILES string of the molecule is COc1ccc(C(NN)C2CCC(C)O2)cc1OC. The fourth-order valence-corrected chi connectivity index (χ4v) is 2.54. The van der Waals surface area contributed by atoms with Crippen molar-refractivity contribution in [1.82, 2.24) is 5.43 Å². The second kappa shape index (κ2) is 6.23. The summed E-state index contributed by atoms with van der Waals surface area (Å²) in [5, 5.41) is 0. The molecule has 106 valence electrons. The number of benzene rings is 1. The maximum Gasteiger partial charge on any atom is 0.161 e. The summed E-state index contributed by atoms with van der Waals surface area (Å²) in [6.45, 7) is 2.09. The van der Waals surface area contributed by atoms with E-state index >= 15 is 0 Å². The Kier molecular flexibility index (Phi) is 4.63. The first-order valence-electron chi connectivity index (χ1n) is 6.53. The Balaban J connectivity index is 2.23. The summed E-state index contributed by atoms with van der Waals surface area (Å²) in [6, 6.07) is 5.77. The van der Waals surface area contributed by atoms with Crippen LogP contribution in [0.4, 0.5) is 0 Å². The van der Waals surface area contributed by atoms with Crippen LogP contribution < -0.4 is 20.7 Å². The van der Waals surface area contributed by atoms with Crippen molar-refractivity contribution in [2.75, 3.05) is 14.2 Å². The average Bonchev–Trinajstić information content (AvgIpc) is 2.86. The lowest BCUT2D eigenvalue weighted by atomic mass is 9.99. The Labute approximate surface area is 114 Å². The summed E-state index contributed by atoms with van der Waals surface area (Å²) < 4.78 is 16.4. The van der Waals surface area contributed by atoms with E-state index in [0.29, 0.717) is 17.6 Å². The fraction of sp³-hybridized carbons (Fsp3) is 0.571. The molecule has 2 rings (SSSR count). The monoisotopic (exact) mass is 266 g/mol. The summed E-state index contributed by atoms with van der Waals surface area (Å²) in [6.07, 6.45) is 2.46. The van der Waals surface area contributed by atoms with Crippen LogP contribution in [0.2, 0.25) is 0 Å². The number of rotatable bonds is 5. The minimum Gasteiger partial charge on any atom is -0.493 e. The highest BCUT2D eigenvalue weighted by atomic mass is 16.5. The van der Waals surface area contributed by atoms with Crippen LogP contribution in [0.25, 0.3) is 0 Å². The highest BCUT2D eigenvalue weighted by molar-refractivity contribution is 5.44. The zero-order valence-electron chi connectivity index (χ0n) is 11.7. The molecule has 0 saturated carbocycles. The molecule has 1 saturated heterocycles. The summed E-state index contributed by atoms with van der Waals surface area (Å²) in [7, 11) is 3.25. The van der Waals surface area contributed by atoms with Gasteiger partial charge in [0.25, 0.3) is 0 Å². The van der Waals surface area contributed by atoms with E-state index in [1.165, 1.54) is 0 Å². The molecule has 1 aromatic rings. The first-order chi connectivity index (χ1) is 9.19. The highest BCUT2D eigenvalue weighted by Crippen LogP contribution is 2.34. The van der Waals surface area contributed by atoms with Crippen molar-refractivity contribution < 1.29 is 14.2 Å². The molecule has 0 spiro atoms. The van der Waals surface area contributed by atoms with Crippen LogP contribution in [0.1, 0.15) is 31.4 Å². The van der Waals surface area contributed by atoms with Gasteiger partial charge in [-0.2, -0.15) is 0 Å². The third-order valence-electron chi connectivity index (χ3n) is 3.58. The van der Waals surface area contributed by atoms with Gasteiger partial charge in [-0.3, -0.25) is 11.3 Å². The molecule has 0 aromatic heterocycles.